The van der Waals surface area contributed by atoms with Crippen LogP contribution in [0.1, 0.15) is 42.5 Å². The fourth-order valence-electron chi connectivity index (χ4n) is 3.09. The molecule has 0 bridgehead atoms. The van der Waals surface area contributed by atoms with Gasteiger partial charge in [0.25, 0.3) is 0 Å². The van der Waals surface area contributed by atoms with Crippen molar-refractivity contribution >= 4 is 5.91 Å². The summed E-state index contributed by atoms with van der Waals surface area (Å²) in [5, 5.41) is 4.00. The minimum absolute atomic E-state index is 0.125. The van der Waals surface area contributed by atoms with E-state index in [9.17, 15) is 4.79 Å². The molecule has 2 aromatic rings. The second-order valence-corrected chi connectivity index (χ2v) is 6.33. The molecule has 2 aromatic heterocycles. The number of aromatic nitrogens is 3. The number of carbonyl (C=O) groups is 1. The molecular weight excluding hydrogens is 320 g/mol. The summed E-state index contributed by atoms with van der Waals surface area (Å²) in [7, 11) is 1.65. The van der Waals surface area contributed by atoms with E-state index < -0.39 is 0 Å². The van der Waals surface area contributed by atoms with E-state index in [1.807, 2.05) is 23.2 Å². The molecule has 0 N–H and O–H groups in total. The van der Waals surface area contributed by atoms with Gasteiger partial charge in [0, 0.05) is 45.4 Å². The number of hydrogen-bond acceptors (Lipinski definition) is 6. The van der Waals surface area contributed by atoms with Crippen LogP contribution >= 0.6 is 0 Å². The molecule has 1 aliphatic heterocycles. The van der Waals surface area contributed by atoms with E-state index in [2.05, 4.69) is 15.1 Å². The predicted molar refractivity (Wildman–Crippen MR) is 91.0 cm³/mol. The van der Waals surface area contributed by atoms with Crippen LogP contribution in [-0.2, 0) is 22.4 Å². The number of nitrogens with zero attached hydrogens (tertiary/aromatic N) is 4. The number of amides is 1. The maximum absolute atomic E-state index is 12.5. The molecule has 3 heterocycles. The lowest BCUT2D eigenvalue weighted by molar-refractivity contribution is -0.132. The Morgan fingerprint density at radius 2 is 2.36 bits per heavy atom. The highest BCUT2D eigenvalue weighted by molar-refractivity contribution is 5.76. The lowest BCUT2D eigenvalue weighted by Gasteiger charge is -2.31. The van der Waals surface area contributed by atoms with E-state index in [0.29, 0.717) is 37.7 Å². The lowest BCUT2D eigenvalue weighted by Crippen LogP contribution is -2.39. The van der Waals surface area contributed by atoms with Crippen LogP contribution in [0.2, 0.25) is 0 Å². The molecule has 0 radical (unpaired) electrons. The molecule has 1 saturated heterocycles. The van der Waals surface area contributed by atoms with E-state index in [4.69, 9.17) is 9.26 Å². The van der Waals surface area contributed by atoms with Gasteiger partial charge in [-0.05, 0) is 30.9 Å². The summed E-state index contributed by atoms with van der Waals surface area (Å²) in [4.78, 5) is 23.0. The van der Waals surface area contributed by atoms with Crippen molar-refractivity contribution in [2.24, 2.45) is 0 Å². The van der Waals surface area contributed by atoms with Crippen LogP contribution in [-0.4, -0.2) is 52.7 Å². The first-order valence-electron chi connectivity index (χ1n) is 8.74. The van der Waals surface area contributed by atoms with Gasteiger partial charge in [0.15, 0.2) is 5.82 Å². The fraction of sp³-hybridized carbons (Fsp3) is 0.556. The molecule has 0 aromatic carbocycles. The molecule has 1 aliphatic rings. The lowest BCUT2D eigenvalue weighted by atomic mass is 9.97. The van der Waals surface area contributed by atoms with Crippen molar-refractivity contribution in [2.45, 2.75) is 38.0 Å². The molecule has 134 valence electrons. The Hall–Kier alpha value is -2.28. The van der Waals surface area contributed by atoms with Crippen molar-refractivity contribution < 1.29 is 14.1 Å². The number of hydrogen-bond donors (Lipinski definition) is 0. The van der Waals surface area contributed by atoms with Gasteiger partial charge in [0.05, 0.1) is 12.5 Å². The van der Waals surface area contributed by atoms with Gasteiger partial charge in [-0.2, -0.15) is 4.98 Å². The van der Waals surface area contributed by atoms with Crippen LogP contribution in [0.5, 0.6) is 0 Å². The van der Waals surface area contributed by atoms with Crippen LogP contribution in [0.4, 0.5) is 0 Å². The van der Waals surface area contributed by atoms with E-state index in [-0.39, 0.29) is 11.8 Å². The summed E-state index contributed by atoms with van der Waals surface area (Å²) in [6.45, 7) is 2.02. The monoisotopic (exact) mass is 344 g/mol. The number of rotatable bonds is 7. The Morgan fingerprint density at radius 3 is 3.16 bits per heavy atom. The van der Waals surface area contributed by atoms with Gasteiger partial charge in [0.2, 0.25) is 11.8 Å². The number of aryl methyl sites for hydroxylation is 1. The van der Waals surface area contributed by atoms with Crippen LogP contribution in [0.3, 0.4) is 0 Å². The van der Waals surface area contributed by atoms with E-state index in [1.54, 1.807) is 13.3 Å². The molecule has 1 amide bonds. The molecule has 1 atom stereocenters. The average molecular weight is 344 g/mol. The predicted octanol–water partition coefficient (Wildman–Crippen LogP) is 1.99. The summed E-state index contributed by atoms with van der Waals surface area (Å²) in [6, 6.07) is 3.90. The van der Waals surface area contributed by atoms with Gasteiger partial charge < -0.3 is 14.2 Å². The molecule has 0 saturated carbocycles. The molecule has 0 spiro atoms. The average Bonchev–Trinajstić information content (AvgIpc) is 3.14. The summed E-state index contributed by atoms with van der Waals surface area (Å²) < 4.78 is 10.4. The van der Waals surface area contributed by atoms with Crippen LogP contribution in [0, 0.1) is 0 Å². The van der Waals surface area contributed by atoms with Crippen molar-refractivity contribution in [2.75, 3.05) is 26.8 Å². The first-order chi connectivity index (χ1) is 12.3. The molecule has 7 heteroatoms. The zero-order chi connectivity index (χ0) is 17.5. The van der Waals surface area contributed by atoms with Crippen molar-refractivity contribution in [1.29, 1.82) is 0 Å². The Balaban J connectivity index is 1.53. The quantitative estimate of drug-likeness (QED) is 0.764. The highest BCUT2D eigenvalue weighted by Gasteiger charge is 2.28. The number of methoxy groups -OCH3 is 1. The van der Waals surface area contributed by atoms with E-state index in [1.165, 1.54) is 0 Å². The largest absolute Gasteiger partial charge is 0.384 e. The Morgan fingerprint density at radius 1 is 1.44 bits per heavy atom. The standard InChI is InChI=1S/C18H24N4O3/c1-24-11-8-16-20-18(25-21-16)15-5-3-10-22(13-15)17(23)7-6-14-4-2-9-19-12-14/h2,4,9,12,15H,3,5-8,10-11,13H2,1H3. The van der Waals surface area contributed by atoms with E-state index >= 15 is 0 Å². The Kier molecular flexibility index (Phi) is 6.11. The van der Waals surface area contributed by atoms with Crippen LogP contribution in [0.15, 0.2) is 29.0 Å². The van der Waals surface area contributed by atoms with Crippen LogP contribution < -0.4 is 0 Å². The summed E-state index contributed by atoms with van der Waals surface area (Å²) in [5.41, 5.74) is 1.09. The molecule has 1 unspecified atom stereocenters. The van der Waals surface area contributed by atoms with Gasteiger partial charge in [0.1, 0.15) is 0 Å². The minimum Gasteiger partial charge on any atom is -0.384 e. The Bertz CT molecular complexity index is 674. The zero-order valence-corrected chi connectivity index (χ0v) is 14.6. The maximum atomic E-state index is 12.5. The number of carbonyl (C=O) groups excluding carboxylic acids is 1. The van der Waals surface area contributed by atoms with Gasteiger partial charge >= 0.3 is 0 Å². The van der Waals surface area contributed by atoms with E-state index in [0.717, 1.165) is 31.4 Å². The number of likely N-dealkylation sites (tertiary alicyclic amines) is 1. The molecule has 0 aliphatic carbocycles. The van der Waals surface area contributed by atoms with Crippen molar-refractivity contribution in [3.8, 4) is 0 Å². The number of pyridine rings is 1. The van der Waals surface area contributed by atoms with Gasteiger partial charge in [-0.15, -0.1) is 0 Å². The second kappa shape index (κ2) is 8.71. The third-order valence-electron chi connectivity index (χ3n) is 4.49. The Labute approximate surface area is 147 Å². The second-order valence-electron chi connectivity index (χ2n) is 6.33. The van der Waals surface area contributed by atoms with Crippen molar-refractivity contribution in [3.05, 3.63) is 41.8 Å². The third-order valence-corrected chi connectivity index (χ3v) is 4.49. The van der Waals surface area contributed by atoms with Crippen molar-refractivity contribution in [3.63, 3.8) is 0 Å². The van der Waals surface area contributed by atoms with Gasteiger partial charge in [-0.3, -0.25) is 9.78 Å². The van der Waals surface area contributed by atoms with Crippen LogP contribution in [0.25, 0.3) is 0 Å². The fourth-order valence-corrected chi connectivity index (χ4v) is 3.09. The highest BCUT2D eigenvalue weighted by Crippen LogP contribution is 2.26. The zero-order valence-electron chi connectivity index (χ0n) is 14.6. The van der Waals surface area contributed by atoms with Gasteiger partial charge in [-0.25, -0.2) is 0 Å². The molecule has 7 nitrogen and oxygen atoms in total. The molecular formula is C18H24N4O3. The normalized spacial score (nSPS) is 17.6. The maximum Gasteiger partial charge on any atom is 0.231 e. The first kappa shape index (κ1) is 17.5. The SMILES string of the molecule is COCCc1noc(C2CCCN(C(=O)CCc3cccnc3)C2)n1. The number of ether oxygens (including phenoxy) is 1. The first-order valence-corrected chi connectivity index (χ1v) is 8.74. The number of piperidine rings is 1. The molecule has 3 rings (SSSR count). The topological polar surface area (TPSA) is 81.4 Å². The highest BCUT2D eigenvalue weighted by atomic mass is 16.5. The summed E-state index contributed by atoms with van der Waals surface area (Å²) >= 11 is 0. The molecule has 25 heavy (non-hydrogen) atoms. The third kappa shape index (κ3) is 4.85. The van der Waals surface area contributed by atoms with Gasteiger partial charge in [-0.1, -0.05) is 11.2 Å². The molecule has 1 fully saturated rings. The summed E-state index contributed by atoms with van der Waals surface area (Å²) in [5.74, 6) is 1.60. The van der Waals surface area contributed by atoms with Crippen molar-refractivity contribution in [1.82, 2.24) is 20.0 Å². The smallest absolute Gasteiger partial charge is 0.231 e. The summed E-state index contributed by atoms with van der Waals surface area (Å²) in [6.07, 6.45) is 7.34. The minimum atomic E-state index is 0.125.